The lowest BCUT2D eigenvalue weighted by molar-refractivity contribution is -0.137. The van der Waals surface area contributed by atoms with Crippen molar-refractivity contribution in [1.29, 1.82) is 0 Å². The second-order valence-corrected chi connectivity index (χ2v) is 12.6. The topological polar surface area (TPSA) is 55.8 Å². The van der Waals surface area contributed by atoms with Crippen LogP contribution in [0.4, 0.5) is 0 Å². The van der Waals surface area contributed by atoms with Crippen molar-refractivity contribution in [2.24, 2.45) is 0 Å². The third-order valence-corrected chi connectivity index (χ3v) is 10.4. The molecule has 0 spiro atoms. The first-order valence-corrected chi connectivity index (χ1v) is 12.1. The maximum Gasteiger partial charge on any atom is 0.261 e. The van der Waals surface area contributed by atoms with Gasteiger partial charge in [-0.15, -0.1) is 0 Å². The molecule has 2 amide bonds. The number of benzene rings is 2. The van der Waals surface area contributed by atoms with E-state index in [1.54, 1.807) is 0 Å². The predicted octanol–water partition coefficient (Wildman–Crippen LogP) is 2.50. The lowest BCUT2D eigenvalue weighted by Gasteiger charge is -2.43. The molecule has 0 aromatic heterocycles. The molecule has 0 atom stereocenters. The Balaban J connectivity index is 1.69. The number of imide groups is 1. The monoisotopic (exact) mass is 423 g/mol. The van der Waals surface area contributed by atoms with Crippen LogP contribution in [0.15, 0.2) is 72.8 Å². The van der Waals surface area contributed by atoms with Crippen molar-refractivity contribution >= 4 is 30.5 Å². The summed E-state index contributed by atoms with van der Waals surface area (Å²) < 4.78 is 12.4. The van der Waals surface area contributed by atoms with E-state index in [9.17, 15) is 9.59 Å². The minimum atomic E-state index is -2.57. The summed E-state index contributed by atoms with van der Waals surface area (Å²) in [5, 5.41) is 2.36. The second kappa shape index (κ2) is 9.51. The first-order valence-electron chi connectivity index (χ1n) is 10.2. The Labute approximate surface area is 179 Å². The van der Waals surface area contributed by atoms with Crippen LogP contribution in [0.1, 0.15) is 20.8 Å². The van der Waals surface area contributed by atoms with Gasteiger partial charge in [-0.3, -0.25) is 14.5 Å². The van der Waals surface area contributed by atoms with Gasteiger partial charge in [0.1, 0.15) is 0 Å². The van der Waals surface area contributed by atoms with Gasteiger partial charge in [0.2, 0.25) is 0 Å². The van der Waals surface area contributed by atoms with Crippen molar-refractivity contribution in [3.8, 4) is 0 Å². The molecule has 1 aliphatic heterocycles. The van der Waals surface area contributed by atoms with Crippen LogP contribution in [-0.2, 0) is 18.8 Å². The number of amides is 2. The van der Waals surface area contributed by atoms with Gasteiger partial charge in [-0.05, 0) is 15.4 Å². The van der Waals surface area contributed by atoms with Crippen LogP contribution >= 0.6 is 0 Å². The van der Waals surface area contributed by atoms with Crippen molar-refractivity contribution in [2.75, 3.05) is 26.4 Å². The average molecular weight is 424 g/mol. The molecular formula is C24H29NO4Si. The first kappa shape index (κ1) is 22.1. The molecule has 0 bridgehead atoms. The molecule has 6 heteroatoms. The number of hydrogen-bond acceptors (Lipinski definition) is 4. The quantitative estimate of drug-likeness (QED) is 0.353. The number of hydrogen-bond donors (Lipinski definition) is 0. The molecule has 1 heterocycles. The smallest absolute Gasteiger partial charge is 0.261 e. The maximum absolute atomic E-state index is 11.6. The highest BCUT2D eigenvalue weighted by Crippen LogP contribution is 2.36. The zero-order valence-corrected chi connectivity index (χ0v) is 18.8. The molecule has 0 unspecified atom stereocenters. The fourth-order valence-electron chi connectivity index (χ4n) is 3.92. The summed E-state index contributed by atoms with van der Waals surface area (Å²) in [6, 6.07) is 20.9. The van der Waals surface area contributed by atoms with Gasteiger partial charge in [-0.1, -0.05) is 81.4 Å². The number of nitrogens with zero attached hydrogens (tertiary/aromatic N) is 1. The van der Waals surface area contributed by atoms with Crippen LogP contribution in [0.2, 0.25) is 5.04 Å². The van der Waals surface area contributed by atoms with E-state index in [4.69, 9.17) is 9.16 Å². The Bertz CT molecular complexity index is 833. The Morgan fingerprint density at radius 3 is 1.73 bits per heavy atom. The van der Waals surface area contributed by atoms with Gasteiger partial charge in [-0.2, -0.15) is 0 Å². The van der Waals surface area contributed by atoms with Gasteiger partial charge in [0.05, 0.1) is 26.4 Å². The summed E-state index contributed by atoms with van der Waals surface area (Å²) in [5.41, 5.74) is 0. The zero-order valence-electron chi connectivity index (χ0n) is 17.8. The molecule has 2 aromatic rings. The maximum atomic E-state index is 11.6. The molecule has 2 aromatic carbocycles. The third-order valence-electron chi connectivity index (χ3n) is 5.32. The van der Waals surface area contributed by atoms with Crippen molar-refractivity contribution < 1.29 is 18.8 Å². The van der Waals surface area contributed by atoms with Crippen LogP contribution in [0, 0.1) is 0 Å². The molecule has 0 saturated heterocycles. The van der Waals surface area contributed by atoms with Gasteiger partial charge >= 0.3 is 0 Å². The van der Waals surface area contributed by atoms with E-state index in [0.717, 1.165) is 0 Å². The highest BCUT2D eigenvalue weighted by molar-refractivity contribution is 6.99. The molecule has 5 nitrogen and oxygen atoms in total. The van der Waals surface area contributed by atoms with Crippen LogP contribution in [0.5, 0.6) is 0 Å². The summed E-state index contributed by atoms with van der Waals surface area (Å²) in [7, 11) is -2.57. The van der Waals surface area contributed by atoms with E-state index in [1.165, 1.54) is 27.4 Å². The summed E-state index contributed by atoms with van der Waals surface area (Å²) in [6.45, 7) is 8.09. The normalized spacial score (nSPS) is 14.6. The van der Waals surface area contributed by atoms with E-state index < -0.39 is 8.32 Å². The van der Waals surface area contributed by atoms with Gasteiger partial charge in [0.25, 0.3) is 20.1 Å². The van der Waals surface area contributed by atoms with Gasteiger partial charge in [0, 0.05) is 12.2 Å². The van der Waals surface area contributed by atoms with Gasteiger partial charge in [-0.25, -0.2) is 0 Å². The van der Waals surface area contributed by atoms with Crippen LogP contribution < -0.4 is 10.4 Å². The Morgan fingerprint density at radius 1 is 0.767 bits per heavy atom. The Morgan fingerprint density at radius 2 is 1.27 bits per heavy atom. The molecule has 30 heavy (non-hydrogen) atoms. The van der Waals surface area contributed by atoms with Crippen molar-refractivity contribution in [3.05, 3.63) is 72.8 Å². The van der Waals surface area contributed by atoms with Crippen LogP contribution in [0.25, 0.3) is 0 Å². The minimum Gasteiger partial charge on any atom is -0.405 e. The van der Waals surface area contributed by atoms with Crippen LogP contribution in [0.3, 0.4) is 0 Å². The standard InChI is InChI=1S/C24H29NO4Si/c1-24(2,3)30(20-10-6-4-7-11-20,21-12-8-5-9-13-21)29-19-18-28-17-16-25-22(26)14-15-23(25)27/h4-15H,16-19H2,1-3H3. The van der Waals surface area contributed by atoms with Gasteiger partial charge < -0.3 is 9.16 Å². The Hall–Kier alpha value is -2.54. The number of rotatable bonds is 9. The molecule has 0 radical (unpaired) electrons. The molecule has 0 fully saturated rings. The molecule has 0 N–H and O–H groups in total. The predicted molar refractivity (Wildman–Crippen MR) is 120 cm³/mol. The number of ether oxygens (including phenoxy) is 1. The van der Waals surface area contributed by atoms with E-state index in [1.807, 2.05) is 12.1 Å². The van der Waals surface area contributed by atoms with E-state index in [2.05, 4.69) is 69.3 Å². The van der Waals surface area contributed by atoms with Crippen molar-refractivity contribution in [1.82, 2.24) is 4.90 Å². The summed E-state index contributed by atoms with van der Waals surface area (Å²) in [5.74, 6) is -0.570. The lowest BCUT2D eigenvalue weighted by Crippen LogP contribution is -2.66. The second-order valence-electron chi connectivity index (χ2n) is 8.29. The third kappa shape index (κ3) is 4.61. The minimum absolute atomic E-state index is 0.0875. The largest absolute Gasteiger partial charge is 0.405 e. The summed E-state index contributed by atoms with van der Waals surface area (Å²) >= 11 is 0. The lowest BCUT2D eigenvalue weighted by atomic mass is 10.2. The summed E-state index contributed by atoms with van der Waals surface area (Å²) in [4.78, 5) is 24.4. The molecule has 3 rings (SSSR count). The van der Waals surface area contributed by atoms with Gasteiger partial charge in [0.15, 0.2) is 0 Å². The van der Waals surface area contributed by atoms with Crippen LogP contribution in [-0.4, -0.2) is 51.4 Å². The van der Waals surface area contributed by atoms with E-state index in [0.29, 0.717) is 19.8 Å². The Kier molecular flexibility index (Phi) is 7.02. The fourth-order valence-corrected chi connectivity index (χ4v) is 8.47. The van der Waals surface area contributed by atoms with Crippen molar-refractivity contribution in [2.45, 2.75) is 25.8 Å². The highest BCUT2D eigenvalue weighted by atomic mass is 28.4. The molecule has 1 aliphatic rings. The molecular weight excluding hydrogens is 394 g/mol. The number of carbonyl (C=O) groups is 2. The highest BCUT2D eigenvalue weighted by Gasteiger charge is 2.49. The van der Waals surface area contributed by atoms with E-state index >= 15 is 0 Å². The fraction of sp³-hybridized carbons (Fsp3) is 0.333. The molecule has 0 saturated carbocycles. The van der Waals surface area contributed by atoms with E-state index in [-0.39, 0.29) is 23.4 Å². The SMILES string of the molecule is CC(C)(C)[Si](OCCOCCN1C(=O)C=CC1=O)(c1ccccc1)c1ccccc1. The first-order chi connectivity index (χ1) is 14.4. The zero-order chi connectivity index (χ0) is 21.6. The molecule has 0 aliphatic carbocycles. The van der Waals surface area contributed by atoms with Crippen molar-refractivity contribution in [3.63, 3.8) is 0 Å². The number of carbonyl (C=O) groups excluding carboxylic acids is 2. The average Bonchev–Trinajstić information content (AvgIpc) is 3.05. The summed E-state index contributed by atoms with van der Waals surface area (Å²) in [6.07, 6.45) is 2.57. The molecule has 158 valence electrons.